The minimum atomic E-state index is -0.154. The van der Waals surface area contributed by atoms with Crippen LogP contribution in [0.15, 0.2) is 41.7 Å². The van der Waals surface area contributed by atoms with Gasteiger partial charge in [-0.2, -0.15) is 0 Å². The molecule has 0 aromatic carbocycles. The summed E-state index contributed by atoms with van der Waals surface area (Å²) in [5.74, 6) is 0.605. The van der Waals surface area contributed by atoms with Crippen LogP contribution >= 0.6 is 11.8 Å². The number of allylic oxidation sites excluding steroid dienone is 1. The van der Waals surface area contributed by atoms with Gasteiger partial charge in [-0.15, -0.1) is 0 Å². The summed E-state index contributed by atoms with van der Waals surface area (Å²) in [5.41, 5.74) is 0.791. The molecule has 1 aliphatic rings. The Labute approximate surface area is 189 Å². The quantitative estimate of drug-likeness (QED) is 0.256. The summed E-state index contributed by atoms with van der Waals surface area (Å²) in [6.07, 6.45) is 18.6. The van der Waals surface area contributed by atoms with Gasteiger partial charge in [0, 0.05) is 25.1 Å². The van der Waals surface area contributed by atoms with Crippen molar-refractivity contribution in [1.29, 1.82) is 0 Å². The van der Waals surface area contributed by atoms with E-state index in [1.54, 1.807) is 6.20 Å². The van der Waals surface area contributed by atoms with E-state index in [0.29, 0.717) is 18.1 Å². The van der Waals surface area contributed by atoms with Crippen LogP contribution in [0.2, 0.25) is 0 Å². The highest BCUT2D eigenvalue weighted by Gasteiger charge is 2.34. The van der Waals surface area contributed by atoms with Gasteiger partial charge in [-0.1, -0.05) is 51.5 Å². The zero-order valence-corrected chi connectivity index (χ0v) is 19.2. The Hall–Kier alpha value is -2.28. The van der Waals surface area contributed by atoms with Gasteiger partial charge < -0.3 is 9.14 Å². The number of nitrogens with zero attached hydrogens (tertiary/aromatic N) is 3. The molecular formula is C24H33N3O3S. The topological polar surface area (TPSA) is 63.9 Å². The molecule has 6 nitrogen and oxygen atoms in total. The Morgan fingerprint density at radius 2 is 1.84 bits per heavy atom. The van der Waals surface area contributed by atoms with Gasteiger partial charge in [0.2, 0.25) is 0 Å². The van der Waals surface area contributed by atoms with Gasteiger partial charge in [0.15, 0.2) is 11.4 Å². The van der Waals surface area contributed by atoms with Crippen molar-refractivity contribution in [2.45, 2.75) is 71.1 Å². The van der Waals surface area contributed by atoms with Crippen molar-refractivity contribution < 1.29 is 14.3 Å². The molecule has 3 rings (SSSR count). The first-order valence-corrected chi connectivity index (χ1v) is 12.3. The molecule has 31 heavy (non-hydrogen) atoms. The molecule has 1 saturated heterocycles. The third-order valence-corrected chi connectivity index (χ3v) is 6.38. The van der Waals surface area contributed by atoms with Crippen LogP contribution in [0, 0.1) is 0 Å². The number of unbranched alkanes of at least 4 members (excludes halogenated alkanes) is 8. The fourth-order valence-corrected chi connectivity index (χ4v) is 4.52. The number of carbonyl (C=O) groups is 2. The summed E-state index contributed by atoms with van der Waals surface area (Å²) in [6.45, 7) is 3.19. The molecule has 1 aliphatic heterocycles. The Morgan fingerprint density at radius 3 is 2.68 bits per heavy atom. The average molecular weight is 444 g/mol. The lowest BCUT2D eigenvalue weighted by Gasteiger charge is -2.12. The van der Waals surface area contributed by atoms with Crippen molar-refractivity contribution in [3.8, 4) is 5.75 Å². The molecule has 0 atom stereocenters. The van der Waals surface area contributed by atoms with Gasteiger partial charge in [-0.05, 0) is 49.6 Å². The van der Waals surface area contributed by atoms with E-state index >= 15 is 0 Å². The predicted octanol–water partition coefficient (Wildman–Crippen LogP) is 6.21. The first-order chi connectivity index (χ1) is 15.2. The largest absolute Gasteiger partial charge is 0.490 e. The van der Waals surface area contributed by atoms with E-state index < -0.39 is 0 Å². The fraction of sp³-hybridized carbons (Fsp3) is 0.542. The minimum absolute atomic E-state index is 0.138. The van der Waals surface area contributed by atoms with E-state index in [2.05, 4.69) is 11.9 Å². The zero-order valence-electron chi connectivity index (χ0n) is 18.4. The maximum atomic E-state index is 12.5. The van der Waals surface area contributed by atoms with Crippen LogP contribution in [0.3, 0.4) is 0 Å². The maximum absolute atomic E-state index is 12.5. The third-order valence-electron chi connectivity index (χ3n) is 5.43. The number of fused-ring (bicyclic) bond motifs is 1. The number of rotatable bonds is 14. The van der Waals surface area contributed by atoms with Crippen LogP contribution in [0.1, 0.15) is 71.1 Å². The second-order valence-electron chi connectivity index (χ2n) is 7.89. The van der Waals surface area contributed by atoms with Crippen LogP contribution in [-0.2, 0) is 4.79 Å². The Bertz CT molecular complexity index is 893. The lowest BCUT2D eigenvalue weighted by Crippen LogP contribution is -2.29. The van der Waals surface area contributed by atoms with Crippen molar-refractivity contribution in [3.63, 3.8) is 0 Å². The molecule has 0 bridgehead atoms. The molecule has 3 heterocycles. The number of pyridine rings is 1. The van der Waals surface area contributed by atoms with Crippen molar-refractivity contribution in [1.82, 2.24) is 14.3 Å². The van der Waals surface area contributed by atoms with Gasteiger partial charge in [-0.25, -0.2) is 4.98 Å². The summed E-state index contributed by atoms with van der Waals surface area (Å²) in [7, 11) is 0. The molecule has 2 aromatic heterocycles. The molecule has 7 heteroatoms. The van der Waals surface area contributed by atoms with E-state index in [0.717, 1.165) is 48.8 Å². The standard InChI is InChI=1S/C24H33N3O3S/c1-2-3-4-5-6-7-8-9-14-21-23(28)27(24(29)31-21)17-10-11-19-30-20-13-12-16-26-18-15-25-22(20)26/h12-16,18H,2-11,17,19H2,1H3. The predicted molar refractivity (Wildman–Crippen MR) is 125 cm³/mol. The molecule has 0 N–H and O–H groups in total. The number of carbonyl (C=O) groups excluding carboxylic acids is 2. The van der Waals surface area contributed by atoms with Crippen LogP contribution < -0.4 is 4.74 Å². The Morgan fingerprint density at radius 1 is 1.03 bits per heavy atom. The van der Waals surface area contributed by atoms with Crippen molar-refractivity contribution in [2.24, 2.45) is 0 Å². The molecule has 0 unspecified atom stereocenters. The monoisotopic (exact) mass is 443 g/mol. The van der Waals surface area contributed by atoms with Gasteiger partial charge >= 0.3 is 0 Å². The second kappa shape index (κ2) is 12.5. The van der Waals surface area contributed by atoms with Gasteiger partial charge in [0.05, 0.1) is 11.5 Å². The Kier molecular flexibility index (Phi) is 9.46. The van der Waals surface area contributed by atoms with Crippen LogP contribution in [0.4, 0.5) is 4.79 Å². The number of ether oxygens (including phenoxy) is 1. The molecule has 0 radical (unpaired) electrons. The zero-order chi connectivity index (χ0) is 21.9. The first-order valence-electron chi connectivity index (χ1n) is 11.5. The lowest BCUT2D eigenvalue weighted by molar-refractivity contribution is -0.122. The van der Waals surface area contributed by atoms with Gasteiger partial charge in [0.1, 0.15) is 0 Å². The number of hydrogen-bond acceptors (Lipinski definition) is 5. The van der Waals surface area contributed by atoms with Crippen LogP contribution in [0.25, 0.3) is 5.65 Å². The van der Waals surface area contributed by atoms with Gasteiger partial charge in [0.25, 0.3) is 11.1 Å². The molecule has 0 aliphatic carbocycles. The number of aromatic nitrogens is 2. The van der Waals surface area contributed by atoms with E-state index in [9.17, 15) is 9.59 Å². The Balaban J connectivity index is 1.33. The average Bonchev–Trinajstić information content (AvgIpc) is 3.35. The molecule has 2 aromatic rings. The summed E-state index contributed by atoms with van der Waals surface area (Å²) < 4.78 is 7.75. The highest BCUT2D eigenvalue weighted by molar-refractivity contribution is 8.18. The summed E-state index contributed by atoms with van der Waals surface area (Å²) in [4.78, 5) is 31.0. The number of imidazole rings is 1. The number of imide groups is 1. The highest BCUT2D eigenvalue weighted by Crippen LogP contribution is 2.31. The molecular weight excluding hydrogens is 410 g/mol. The molecule has 1 fully saturated rings. The summed E-state index contributed by atoms with van der Waals surface area (Å²) in [5, 5.41) is -0.154. The van der Waals surface area contributed by atoms with E-state index in [1.165, 1.54) is 43.4 Å². The number of amides is 2. The smallest absolute Gasteiger partial charge is 0.293 e. The molecule has 168 valence electrons. The third kappa shape index (κ3) is 6.86. The van der Waals surface area contributed by atoms with E-state index in [1.807, 2.05) is 35.0 Å². The number of hydrogen-bond donors (Lipinski definition) is 0. The first kappa shape index (κ1) is 23.4. The normalized spacial score (nSPS) is 15.5. The fourth-order valence-electron chi connectivity index (χ4n) is 3.65. The number of thioether (sulfide) groups is 1. The molecule has 0 spiro atoms. The van der Waals surface area contributed by atoms with E-state index in [-0.39, 0.29) is 11.1 Å². The summed E-state index contributed by atoms with van der Waals surface area (Å²) in [6, 6.07) is 3.82. The van der Waals surface area contributed by atoms with Gasteiger partial charge in [-0.3, -0.25) is 14.5 Å². The highest BCUT2D eigenvalue weighted by atomic mass is 32.2. The van der Waals surface area contributed by atoms with Crippen LogP contribution in [0.5, 0.6) is 5.75 Å². The van der Waals surface area contributed by atoms with Crippen molar-refractivity contribution in [2.75, 3.05) is 13.2 Å². The maximum Gasteiger partial charge on any atom is 0.293 e. The van der Waals surface area contributed by atoms with Crippen molar-refractivity contribution in [3.05, 3.63) is 41.7 Å². The minimum Gasteiger partial charge on any atom is -0.490 e. The molecule has 0 saturated carbocycles. The van der Waals surface area contributed by atoms with Crippen molar-refractivity contribution >= 4 is 28.6 Å². The second-order valence-corrected chi connectivity index (χ2v) is 8.88. The molecule has 2 amide bonds. The van der Waals surface area contributed by atoms with E-state index in [4.69, 9.17) is 4.74 Å². The lowest BCUT2D eigenvalue weighted by atomic mass is 10.1. The summed E-state index contributed by atoms with van der Waals surface area (Å²) >= 11 is 1.08. The SMILES string of the molecule is CCCCCCCCCC=C1SC(=O)N(CCCCOc2cccn3ccnc23)C1=O. The van der Waals surface area contributed by atoms with Crippen LogP contribution in [-0.4, -0.2) is 38.6 Å².